The minimum absolute atomic E-state index is 0.00222. The molecule has 4 amide bonds. The molecular formula is C29H41N5O4. The molecule has 2 N–H and O–H groups in total. The zero-order valence-corrected chi connectivity index (χ0v) is 22.5. The molecule has 38 heavy (non-hydrogen) atoms. The van der Waals surface area contributed by atoms with Gasteiger partial charge in [-0.2, -0.15) is 0 Å². The third-order valence-electron chi connectivity index (χ3n) is 8.58. The molecule has 0 saturated carbocycles. The first-order chi connectivity index (χ1) is 18.5. The zero-order valence-electron chi connectivity index (χ0n) is 22.5. The van der Waals surface area contributed by atoms with Crippen LogP contribution in [0.5, 0.6) is 0 Å². The van der Waals surface area contributed by atoms with Gasteiger partial charge in [-0.1, -0.05) is 24.6 Å². The van der Waals surface area contributed by atoms with E-state index in [1.807, 2.05) is 35.4 Å². The molecule has 0 radical (unpaired) electrons. The summed E-state index contributed by atoms with van der Waals surface area (Å²) in [6.07, 6.45) is 9.28. The predicted molar refractivity (Wildman–Crippen MR) is 146 cm³/mol. The molecule has 1 aromatic heterocycles. The van der Waals surface area contributed by atoms with Crippen LogP contribution in [0.1, 0.15) is 50.5 Å². The Morgan fingerprint density at radius 1 is 1.13 bits per heavy atom. The van der Waals surface area contributed by atoms with Gasteiger partial charge in [0.05, 0.1) is 6.42 Å². The first-order valence-corrected chi connectivity index (χ1v) is 14.2. The standard InChI is InChI=1S/C29H41N5O4/c1-38-17-7-15-33(20-22-8-6-14-32-13-5-4-11-26(22)32)27(35)18-25-28(36)34(29(37)31-25)16-12-21-19-30-24-10-3-2-9-23(21)24/h2-3,9-10,19,22,25-26,30H,4-8,11-18,20H2,1H3,(H,31,37)/t22-,25+,26+/m0/s1. The van der Waals surface area contributed by atoms with E-state index in [0.29, 0.717) is 38.1 Å². The molecule has 3 aliphatic rings. The van der Waals surface area contributed by atoms with Crippen LogP contribution in [0, 0.1) is 5.92 Å². The van der Waals surface area contributed by atoms with E-state index >= 15 is 0 Å². The Kier molecular flexibility index (Phi) is 8.64. The Bertz CT molecular complexity index is 1130. The van der Waals surface area contributed by atoms with Gasteiger partial charge in [0.1, 0.15) is 6.04 Å². The summed E-state index contributed by atoms with van der Waals surface area (Å²) in [4.78, 5) is 48.4. The second kappa shape index (κ2) is 12.3. The summed E-state index contributed by atoms with van der Waals surface area (Å²) in [5.74, 6) is 0.0828. The number of fused-ring (bicyclic) bond motifs is 2. The number of imide groups is 1. The molecule has 3 aliphatic heterocycles. The van der Waals surface area contributed by atoms with Crippen LogP contribution in [0.3, 0.4) is 0 Å². The van der Waals surface area contributed by atoms with Gasteiger partial charge in [-0.15, -0.1) is 0 Å². The average molecular weight is 524 g/mol. The van der Waals surface area contributed by atoms with E-state index in [1.165, 1.54) is 30.6 Å². The summed E-state index contributed by atoms with van der Waals surface area (Å²) in [5, 5.41) is 3.87. The number of rotatable bonds is 11. The van der Waals surface area contributed by atoms with Crippen molar-refractivity contribution >= 4 is 28.7 Å². The van der Waals surface area contributed by atoms with Crippen LogP contribution in [-0.4, -0.2) is 96.1 Å². The van der Waals surface area contributed by atoms with Gasteiger partial charge in [0.2, 0.25) is 5.91 Å². The van der Waals surface area contributed by atoms with Crippen LogP contribution in [0.4, 0.5) is 4.79 Å². The van der Waals surface area contributed by atoms with Gasteiger partial charge in [-0.25, -0.2) is 4.79 Å². The highest BCUT2D eigenvalue weighted by Gasteiger charge is 2.40. The van der Waals surface area contributed by atoms with E-state index < -0.39 is 12.1 Å². The molecule has 3 fully saturated rings. The van der Waals surface area contributed by atoms with Crippen LogP contribution in [0.15, 0.2) is 30.5 Å². The van der Waals surface area contributed by atoms with Gasteiger partial charge in [-0.05, 0) is 69.2 Å². The quantitative estimate of drug-likeness (QED) is 0.348. The summed E-state index contributed by atoms with van der Waals surface area (Å²) in [6.45, 7) is 4.52. The van der Waals surface area contributed by atoms with Crippen LogP contribution in [0.2, 0.25) is 0 Å². The van der Waals surface area contributed by atoms with Crippen molar-refractivity contribution in [3.63, 3.8) is 0 Å². The summed E-state index contributed by atoms with van der Waals surface area (Å²) in [7, 11) is 1.67. The van der Waals surface area contributed by atoms with E-state index in [2.05, 4.69) is 15.2 Å². The van der Waals surface area contributed by atoms with E-state index in [4.69, 9.17) is 4.74 Å². The van der Waals surface area contributed by atoms with Gasteiger partial charge in [0.15, 0.2) is 0 Å². The van der Waals surface area contributed by atoms with Crippen molar-refractivity contribution in [3.05, 3.63) is 36.0 Å². The highest BCUT2D eigenvalue weighted by molar-refractivity contribution is 6.05. The molecule has 9 nitrogen and oxygen atoms in total. The van der Waals surface area contributed by atoms with Crippen molar-refractivity contribution in [2.75, 3.05) is 46.4 Å². The van der Waals surface area contributed by atoms with Crippen LogP contribution in [0.25, 0.3) is 10.9 Å². The molecule has 0 unspecified atom stereocenters. The highest BCUT2D eigenvalue weighted by atomic mass is 16.5. The number of aromatic amines is 1. The van der Waals surface area contributed by atoms with Crippen LogP contribution >= 0.6 is 0 Å². The lowest BCUT2D eigenvalue weighted by atomic mass is 9.83. The molecule has 4 heterocycles. The Labute approximate surface area is 224 Å². The number of hydrogen-bond donors (Lipinski definition) is 2. The molecule has 2 aromatic rings. The lowest BCUT2D eigenvalue weighted by molar-refractivity contribution is -0.136. The molecule has 3 saturated heterocycles. The van der Waals surface area contributed by atoms with E-state index in [9.17, 15) is 14.4 Å². The number of nitrogens with one attached hydrogen (secondary N) is 2. The highest BCUT2D eigenvalue weighted by Crippen LogP contribution is 2.31. The number of carbonyl (C=O) groups is 3. The van der Waals surface area contributed by atoms with E-state index in [1.54, 1.807) is 7.11 Å². The number of para-hydroxylation sites is 1. The monoisotopic (exact) mass is 523 g/mol. The zero-order chi connectivity index (χ0) is 26.5. The first kappa shape index (κ1) is 26.7. The van der Waals surface area contributed by atoms with E-state index in [0.717, 1.165) is 42.4 Å². The fraction of sp³-hybridized carbons (Fsp3) is 0.621. The number of urea groups is 1. The largest absolute Gasteiger partial charge is 0.385 e. The van der Waals surface area contributed by atoms with Crippen molar-refractivity contribution in [3.8, 4) is 0 Å². The van der Waals surface area contributed by atoms with Gasteiger partial charge < -0.3 is 24.8 Å². The van der Waals surface area contributed by atoms with E-state index in [-0.39, 0.29) is 24.8 Å². The molecular weight excluding hydrogens is 482 g/mol. The minimum Gasteiger partial charge on any atom is -0.385 e. The Morgan fingerprint density at radius 3 is 2.84 bits per heavy atom. The van der Waals surface area contributed by atoms with Gasteiger partial charge in [0.25, 0.3) is 5.91 Å². The fourth-order valence-electron chi connectivity index (χ4n) is 6.59. The number of nitrogens with zero attached hydrogens (tertiary/aromatic N) is 3. The normalized spacial score (nSPS) is 24.0. The Hall–Kier alpha value is -2.91. The molecule has 206 valence electrons. The lowest BCUT2D eigenvalue weighted by Crippen LogP contribution is -2.52. The second-order valence-corrected chi connectivity index (χ2v) is 11.0. The second-order valence-electron chi connectivity index (χ2n) is 11.0. The maximum absolute atomic E-state index is 13.5. The predicted octanol–water partition coefficient (Wildman–Crippen LogP) is 3.15. The first-order valence-electron chi connectivity index (χ1n) is 14.2. The average Bonchev–Trinajstić information content (AvgIpc) is 3.46. The number of benzene rings is 1. The minimum atomic E-state index is -0.805. The van der Waals surface area contributed by atoms with Crippen molar-refractivity contribution in [2.24, 2.45) is 5.92 Å². The molecule has 3 atom stereocenters. The van der Waals surface area contributed by atoms with Crippen molar-refractivity contribution in [2.45, 2.75) is 63.5 Å². The summed E-state index contributed by atoms with van der Waals surface area (Å²) >= 11 is 0. The molecule has 0 spiro atoms. The molecule has 5 rings (SSSR count). The van der Waals surface area contributed by atoms with Crippen LogP contribution < -0.4 is 5.32 Å². The molecule has 1 aromatic carbocycles. The molecule has 9 heteroatoms. The lowest BCUT2D eigenvalue weighted by Gasteiger charge is -2.45. The Balaban J connectivity index is 1.20. The number of aromatic nitrogens is 1. The maximum Gasteiger partial charge on any atom is 0.324 e. The molecule has 0 aliphatic carbocycles. The van der Waals surface area contributed by atoms with Crippen molar-refractivity contribution < 1.29 is 19.1 Å². The third kappa shape index (κ3) is 5.89. The molecule has 0 bridgehead atoms. The maximum atomic E-state index is 13.5. The summed E-state index contributed by atoms with van der Waals surface area (Å²) in [6, 6.07) is 7.32. The number of ether oxygens (including phenoxy) is 1. The van der Waals surface area contributed by atoms with Gasteiger partial charge in [0, 0.05) is 56.5 Å². The third-order valence-corrected chi connectivity index (χ3v) is 8.58. The van der Waals surface area contributed by atoms with Crippen molar-refractivity contribution in [1.82, 2.24) is 25.0 Å². The summed E-state index contributed by atoms with van der Waals surface area (Å²) in [5.41, 5.74) is 2.10. The summed E-state index contributed by atoms with van der Waals surface area (Å²) < 4.78 is 5.24. The number of methoxy groups -OCH3 is 1. The van der Waals surface area contributed by atoms with Gasteiger partial charge >= 0.3 is 6.03 Å². The SMILES string of the molecule is COCCCN(C[C@@H]1CCCN2CCCC[C@H]12)C(=O)C[C@H]1NC(=O)N(CCc2c[nH]c3ccccc23)C1=O. The number of piperidine rings is 2. The van der Waals surface area contributed by atoms with Crippen LogP contribution in [-0.2, 0) is 20.7 Å². The van der Waals surface area contributed by atoms with Crippen molar-refractivity contribution in [1.29, 1.82) is 0 Å². The number of amides is 4. The smallest absolute Gasteiger partial charge is 0.324 e. The fourth-order valence-corrected chi connectivity index (χ4v) is 6.59. The Morgan fingerprint density at radius 2 is 1.97 bits per heavy atom. The topological polar surface area (TPSA) is 98.0 Å². The number of H-pyrrole nitrogens is 1. The number of hydrogen-bond acceptors (Lipinski definition) is 5. The number of carbonyl (C=O) groups excluding carboxylic acids is 3. The van der Waals surface area contributed by atoms with Gasteiger partial charge in [-0.3, -0.25) is 14.5 Å².